The number of nitrogens with one attached hydrogen (secondary N) is 2. The quantitative estimate of drug-likeness (QED) is 0.518. The first-order valence-electron chi connectivity index (χ1n) is 10.2. The molecule has 3 heterocycles. The van der Waals surface area contributed by atoms with Gasteiger partial charge in [0, 0.05) is 33.1 Å². The molecule has 2 aromatic heterocycles. The molecule has 0 saturated carbocycles. The van der Waals surface area contributed by atoms with Gasteiger partial charge in [0.05, 0.1) is 24.0 Å². The van der Waals surface area contributed by atoms with Gasteiger partial charge in [-0.2, -0.15) is 4.74 Å². The van der Waals surface area contributed by atoms with E-state index in [9.17, 15) is 18.8 Å². The van der Waals surface area contributed by atoms with Crippen molar-refractivity contribution in [3.05, 3.63) is 46.1 Å². The van der Waals surface area contributed by atoms with Crippen molar-refractivity contribution < 1.29 is 18.5 Å². The molecule has 1 saturated heterocycles. The lowest BCUT2D eigenvalue weighted by Gasteiger charge is -2.35. The molecule has 174 valence electrons. The third-order valence-corrected chi connectivity index (χ3v) is 5.73. The van der Waals surface area contributed by atoms with Crippen LogP contribution in [0.2, 0.25) is 0 Å². The largest absolute Gasteiger partial charge is 0.367 e. The number of piperazine rings is 1. The third kappa shape index (κ3) is 5.62. The highest BCUT2D eigenvalue weighted by atomic mass is 32.1. The molecule has 1 aromatic carbocycles. The summed E-state index contributed by atoms with van der Waals surface area (Å²) in [6.07, 6.45) is 1.43. The zero-order valence-electron chi connectivity index (χ0n) is 17.8. The van der Waals surface area contributed by atoms with E-state index in [4.69, 9.17) is 4.52 Å². The van der Waals surface area contributed by atoms with Gasteiger partial charge in [-0.05, 0) is 17.7 Å². The summed E-state index contributed by atoms with van der Waals surface area (Å²) < 4.78 is 21.1. The van der Waals surface area contributed by atoms with Crippen molar-refractivity contribution in [2.45, 2.75) is 13.6 Å². The first kappa shape index (κ1) is 22.6. The number of hydrogen-bond acceptors (Lipinski definition) is 9. The van der Waals surface area contributed by atoms with Crippen LogP contribution >= 0.6 is 11.3 Å². The van der Waals surface area contributed by atoms with Gasteiger partial charge in [-0.25, -0.2) is 9.18 Å². The van der Waals surface area contributed by atoms with Crippen molar-refractivity contribution >= 4 is 34.0 Å². The first-order valence-corrected chi connectivity index (χ1v) is 11.1. The number of rotatable bonds is 7. The summed E-state index contributed by atoms with van der Waals surface area (Å²) in [6, 6.07) is 4.59. The molecular weight excluding hydrogens is 453 g/mol. The fourth-order valence-electron chi connectivity index (χ4n) is 3.51. The molecule has 0 spiro atoms. The minimum Gasteiger partial charge on any atom is -0.367 e. The summed E-state index contributed by atoms with van der Waals surface area (Å²) in [5, 5.41) is 13.1. The highest BCUT2D eigenvalue weighted by molar-refractivity contribution is 7.13. The van der Waals surface area contributed by atoms with Crippen LogP contribution in [0.5, 0.6) is 0 Å². The standard InChI is InChI=1S/C20H22FN7O4S/c1-13(29)22-11-28-9-15(19(31)32-28)14-2-3-17(16(21)8-14)27-6-4-26(5-7-27)10-18(30)24-20-25-23-12-33-20/h2-3,8-9,12H,4-7,10-11H2,1H3,(H,22,29)(H,24,25,30). The van der Waals surface area contributed by atoms with Crippen molar-refractivity contribution in [1.82, 2.24) is 25.2 Å². The third-order valence-electron chi connectivity index (χ3n) is 5.12. The van der Waals surface area contributed by atoms with Gasteiger partial charge in [0.25, 0.3) is 0 Å². The van der Waals surface area contributed by atoms with Crippen LogP contribution in [0.25, 0.3) is 11.1 Å². The zero-order valence-corrected chi connectivity index (χ0v) is 18.6. The van der Waals surface area contributed by atoms with E-state index in [1.807, 2.05) is 9.80 Å². The van der Waals surface area contributed by atoms with Crippen LogP contribution in [-0.4, -0.2) is 64.4 Å². The second-order valence-electron chi connectivity index (χ2n) is 7.45. The first-order chi connectivity index (χ1) is 15.9. The average Bonchev–Trinajstić information content (AvgIpc) is 3.42. The molecule has 1 fully saturated rings. The maximum Gasteiger partial charge on any atom is 0.365 e. The van der Waals surface area contributed by atoms with Gasteiger partial charge in [0.1, 0.15) is 18.0 Å². The van der Waals surface area contributed by atoms with Crippen LogP contribution in [0, 0.1) is 5.82 Å². The average molecular weight is 476 g/mol. The molecule has 11 nitrogen and oxygen atoms in total. The van der Waals surface area contributed by atoms with E-state index in [-0.39, 0.29) is 30.6 Å². The van der Waals surface area contributed by atoms with Crippen LogP contribution in [-0.2, 0) is 16.3 Å². The van der Waals surface area contributed by atoms with Crippen LogP contribution < -0.4 is 21.2 Å². The van der Waals surface area contributed by atoms with Gasteiger partial charge in [-0.1, -0.05) is 17.4 Å². The van der Waals surface area contributed by atoms with E-state index in [1.54, 1.807) is 17.6 Å². The Kier molecular flexibility index (Phi) is 6.79. The number of benzene rings is 1. The number of nitrogens with zero attached hydrogens (tertiary/aromatic N) is 5. The van der Waals surface area contributed by atoms with Gasteiger partial charge in [-0.15, -0.1) is 10.2 Å². The van der Waals surface area contributed by atoms with E-state index in [0.29, 0.717) is 42.6 Å². The highest BCUT2D eigenvalue weighted by Crippen LogP contribution is 2.26. The van der Waals surface area contributed by atoms with Crippen molar-refractivity contribution in [2.24, 2.45) is 0 Å². The fraction of sp³-hybridized carbons (Fsp3) is 0.350. The molecule has 0 bridgehead atoms. The molecule has 3 aromatic rings. The second kappa shape index (κ2) is 9.92. The lowest BCUT2D eigenvalue weighted by atomic mass is 10.1. The molecule has 2 N–H and O–H groups in total. The lowest BCUT2D eigenvalue weighted by Crippen LogP contribution is -2.48. The molecule has 2 amide bonds. The number of aromatic nitrogens is 3. The molecule has 4 rings (SSSR count). The predicted octanol–water partition coefficient (Wildman–Crippen LogP) is 0.953. The monoisotopic (exact) mass is 475 g/mol. The Bertz CT molecular complexity index is 1190. The minimum atomic E-state index is -0.618. The van der Waals surface area contributed by atoms with E-state index in [2.05, 4.69) is 20.8 Å². The molecule has 0 radical (unpaired) electrons. The Balaban J connectivity index is 1.36. The van der Waals surface area contributed by atoms with Crippen LogP contribution in [0.3, 0.4) is 0 Å². The second-order valence-corrected chi connectivity index (χ2v) is 8.28. The number of carbonyl (C=O) groups is 2. The van der Waals surface area contributed by atoms with Crippen LogP contribution in [0.4, 0.5) is 15.2 Å². The summed E-state index contributed by atoms with van der Waals surface area (Å²) in [5.74, 6) is -0.884. The summed E-state index contributed by atoms with van der Waals surface area (Å²) in [7, 11) is 0. The minimum absolute atomic E-state index is 0.00810. The van der Waals surface area contributed by atoms with Gasteiger partial charge in [0.15, 0.2) is 0 Å². The van der Waals surface area contributed by atoms with Crippen molar-refractivity contribution in [3.63, 3.8) is 0 Å². The lowest BCUT2D eigenvalue weighted by molar-refractivity contribution is -0.120. The smallest absolute Gasteiger partial charge is 0.365 e. The van der Waals surface area contributed by atoms with E-state index in [0.717, 1.165) is 0 Å². The molecule has 1 aliphatic heterocycles. The zero-order chi connectivity index (χ0) is 23.4. The molecule has 0 unspecified atom stereocenters. The molecule has 0 aliphatic carbocycles. The maximum absolute atomic E-state index is 14.9. The van der Waals surface area contributed by atoms with Crippen LogP contribution in [0.1, 0.15) is 6.92 Å². The Hall–Kier alpha value is -3.58. The van der Waals surface area contributed by atoms with E-state index in [1.165, 1.54) is 35.3 Å². The Morgan fingerprint density at radius 2 is 2.03 bits per heavy atom. The normalized spacial score (nSPS) is 14.3. The number of hydrogen-bond donors (Lipinski definition) is 2. The van der Waals surface area contributed by atoms with Gasteiger partial charge >= 0.3 is 5.63 Å². The summed E-state index contributed by atoms with van der Waals surface area (Å²) in [4.78, 5) is 39.2. The SMILES string of the molecule is CC(=O)NCn1cc(-c2ccc(N3CCN(CC(=O)Nc4nncs4)CC3)c(F)c2)c(=O)o1. The van der Waals surface area contributed by atoms with Gasteiger partial charge in [-0.3, -0.25) is 19.8 Å². The Morgan fingerprint density at radius 1 is 1.24 bits per heavy atom. The summed E-state index contributed by atoms with van der Waals surface area (Å²) in [6.45, 7) is 3.88. The number of amides is 2. The molecule has 1 aliphatic rings. The number of anilines is 2. The number of carbonyl (C=O) groups excluding carboxylic acids is 2. The van der Waals surface area contributed by atoms with E-state index >= 15 is 0 Å². The van der Waals surface area contributed by atoms with Crippen molar-refractivity contribution in [3.8, 4) is 11.1 Å². The summed E-state index contributed by atoms with van der Waals surface area (Å²) >= 11 is 1.25. The fourth-order valence-corrected chi connectivity index (χ4v) is 3.97. The van der Waals surface area contributed by atoms with Gasteiger partial charge in [0.2, 0.25) is 16.9 Å². The van der Waals surface area contributed by atoms with Gasteiger partial charge < -0.3 is 14.7 Å². The van der Waals surface area contributed by atoms with Crippen LogP contribution in [0.15, 0.2) is 39.2 Å². The molecular formula is C20H22FN7O4S. The highest BCUT2D eigenvalue weighted by Gasteiger charge is 2.22. The number of halogens is 1. The van der Waals surface area contributed by atoms with Crippen molar-refractivity contribution in [2.75, 3.05) is 42.9 Å². The molecule has 0 atom stereocenters. The maximum atomic E-state index is 14.9. The van der Waals surface area contributed by atoms with Crippen molar-refractivity contribution in [1.29, 1.82) is 0 Å². The predicted molar refractivity (Wildman–Crippen MR) is 119 cm³/mol. The Labute approximate surface area is 191 Å². The molecule has 13 heteroatoms. The Morgan fingerprint density at radius 3 is 2.70 bits per heavy atom. The van der Waals surface area contributed by atoms with E-state index < -0.39 is 11.4 Å². The topological polar surface area (TPSA) is 126 Å². The summed E-state index contributed by atoms with van der Waals surface area (Å²) in [5.41, 5.74) is 1.95. The molecule has 33 heavy (non-hydrogen) atoms.